The van der Waals surface area contributed by atoms with E-state index in [1.807, 2.05) is 6.20 Å². The van der Waals surface area contributed by atoms with E-state index in [1.54, 1.807) is 6.33 Å². The van der Waals surface area contributed by atoms with Gasteiger partial charge in [-0.25, -0.2) is 15.4 Å². The van der Waals surface area contributed by atoms with E-state index in [0.29, 0.717) is 6.04 Å². The molecule has 0 saturated carbocycles. The predicted octanol–water partition coefficient (Wildman–Crippen LogP) is -1.10. The molecule has 1 aliphatic heterocycles. The van der Waals surface area contributed by atoms with Crippen molar-refractivity contribution in [2.75, 3.05) is 0 Å². The molecule has 1 aromatic carbocycles. The molecule has 1 aromatic heterocycles. The van der Waals surface area contributed by atoms with E-state index in [0.717, 1.165) is 17.3 Å². The average molecular weight is 225 g/mol. The van der Waals surface area contributed by atoms with Crippen molar-refractivity contribution in [1.82, 2.24) is 26.4 Å². The van der Waals surface area contributed by atoms with Crippen LogP contribution in [0.15, 0.2) is 24.7 Å². The van der Waals surface area contributed by atoms with Gasteiger partial charge >= 0.3 is 0 Å². The van der Waals surface area contributed by atoms with Crippen LogP contribution in [0.5, 0.6) is 0 Å². The number of hydrazine groups is 2. The van der Waals surface area contributed by atoms with E-state index in [4.69, 9.17) is 0 Å². The smallest absolute Gasteiger partial charge is 0.116 e. The molecule has 1 aliphatic carbocycles. The number of rotatable bonds is 0. The molecule has 1 atom stereocenters. The first-order chi connectivity index (χ1) is 8.43. The molecule has 84 valence electrons. The van der Waals surface area contributed by atoms with Crippen molar-refractivity contribution in [3.05, 3.63) is 35.1 Å². The van der Waals surface area contributed by atoms with E-state index in [-0.39, 0.29) is 0 Å². The predicted molar refractivity (Wildman–Crippen MR) is 64.5 cm³/mol. The Balaban J connectivity index is 2.26. The monoisotopic (exact) mass is 225 g/mol. The molecule has 1 unspecified atom stereocenters. The van der Waals surface area contributed by atoms with E-state index >= 15 is 0 Å². The second-order valence-electron chi connectivity index (χ2n) is 4.29. The highest BCUT2D eigenvalue weighted by Gasteiger charge is 2.23. The summed E-state index contributed by atoms with van der Waals surface area (Å²) in [5.41, 5.74) is 11.5. The second kappa shape index (κ2) is 3.26. The lowest BCUT2D eigenvalue weighted by atomic mass is 9.99. The molecule has 4 rings (SSSR count). The van der Waals surface area contributed by atoms with Gasteiger partial charge in [0.15, 0.2) is 0 Å². The Morgan fingerprint density at radius 3 is 3.29 bits per heavy atom. The van der Waals surface area contributed by atoms with Crippen molar-refractivity contribution in [1.29, 1.82) is 0 Å². The van der Waals surface area contributed by atoms with E-state index < -0.39 is 0 Å². The summed E-state index contributed by atoms with van der Waals surface area (Å²) in [6, 6.07) is 4.51. The lowest BCUT2D eigenvalue weighted by Crippen LogP contribution is -2.38. The fourth-order valence-electron chi connectivity index (χ4n) is 2.53. The zero-order valence-corrected chi connectivity index (χ0v) is 9.07. The molecule has 3 N–H and O–H groups in total. The molecule has 0 bridgehead atoms. The number of benzene rings is 1. The van der Waals surface area contributed by atoms with Gasteiger partial charge in [0.25, 0.3) is 0 Å². The highest BCUT2D eigenvalue weighted by molar-refractivity contribution is 5.81. The van der Waals surface area contributed by atoms with E-state index in [9.17, 15) is 0 Å². The SMILES string of the molecule is C1=c2ccc3cncnc3c2=C2NNNC2C1. The van der Waals surface area contributed by atoms with Crippen molar-refractivity contribution in [2.45, 2.75) is 12.5 Å². The van der Waals surface area contributed by atoms with Crippen LogP contribution in [0.4, 0.5) is 0 Å². The Hall–Kier alpha value is -1.98. The largest absolute Gasteiger partial charge is 0.310 e. The van der Waals surface area contributed by atoms with Gasteiger partial charge in [-0.2, -0.15) is 5.53 Å². The topological polar surface area (TPSA) is 61.9 Å². The summed E-state index contributed by atoms with van der Waals surface area (Å²) in [5.74, 6) is 0. The van der Waals surface area contributed by atoms with Crippen molar-refractivity contribution >= 4 is 22.7 Å². The maximum absolute atomic E-state index is 4.41. The van der Waals surface area contributed by atoms with Gasteiger partial charge in [-0.3, -0.25) is 0 Å². The summed E-state index contributed by atoms with van der Waals surface area (Å²) in [7, 11) is 0. The number of nitrogens with zero attached hydrogens (tertiary/aromatic N) is 2. The van der Waals surface area contributed by atoms with Gasteiger partial charge in [-0.1, -0.05) is 18.2 Å². The molecule has 0 amide bonds. The van der Waals surface area contributed by atoms with Gasteiger partial charge in [-0.15, -0.1) is 0 Å². The first-order valence-electron chi connectivity index (χ1n) is 5.63. The van der Waals surface area contributed by atoms with Crippen LogP contribution in [0, 0.1) is 0 Å². The number of hydrogen-bond donors (Lipinski definition) is 3. The van der Waals surface area contributed by atoms with Crippen LogP contribution in [-0.4, -0.2) is 16.0 Å². The van der Waals surface area contributed by atoms with Crippen LogP contribution < -0.4 is 26.8 Å². The molecule has 2 aromatic rings. The molecule has 2 aliphatic rings. The molecule has 0 spiro atoms. The van der Waals surface area contributed by atoms with E-state index in [2.05, 4.69) is 44.6 Å². The lowest BCUT2D eigenvalue weighted by Gasteiger charge is -2.13. The number of hydrogen-bond acceptors (Lipinski definition) is 5. The lowest BCUT2D eigenvalue weighted by molar-refractivity contribution is 0.550. The van der Waals surface area contributed by atoms with Crippen LogP contribution >= 0.6 is 0 Å². The van der Waals surface area contributed by atoms with Gasteiger partial charge in [0.2, 0.25) is 0 Å². The van der Waals surface area contributed by atoms with Crippen LogP contribution in [0.25, 0.3) is 22.7 Å². The van der Waals surface area contributed by atoms with Crippen LogP contribution in [-0.2, 0) is 0 Å². The van der Waals surface area contributed by atoms with Gasteiger partial charge in [0, 0.05) is 16.8 Å². The Morgan fingerprint density at radius 2 is 2.29 bits per heavy atom. The fourth-order valence-corrected chi connectivity index (χ4v) is 2.53. The zero-order chi connectivity index (χ0) is 11.2. The highest BCUT2D eigenvalue weighted by atomic mass is 15.6. The van der Waals surface area contributed by atoms with Crippen LogP contribution in [0.2, 0.25) is 0 Å². The molecule has 17 heavy (non-hydrogen) atoms. The quantitative estimate of drug-likeness (QED) is 0.531. The summed E-state index contributed by atoms with van der Waals surface area (Å²) in [5, 5.41) is 3.49. The summed E-state index contributed by atoms with van der Waals surface area (Å²) in [4.78, 5) is 8.47. The van der Waals surface area contributed by atoms with Gasteiger partial charge < -0.3 is 5.43 Å². The minimum Gasteiger partial charge on any atom is -0.310 e. The van der Waals surface area contributed by atoms with E-state index in [1.165, 1.54) is 16.1 Å². The number of aromatic nitrogens is 2. The standard InChI is InChI=1S/C12H11N5/c1-2-8-5-13-6-14-11(8)10-7(1)3-4-9-12(10)16-17-15-9/h1-3,5-6,9,15-17H,4H2. The van der Waals surface area contributed by atoms with Crippen molar-refractivity contribution in [3.63, 3.8) is 0 Å². The average Bonchev–Trinajstić information content (AvgIpc) is 2.86. The fraction of sp³-hybridized carbons (Fsp3) is 0.167. The normalized spacial score (nSPS) is 21.6. The van der Waals surface area contributed by atoms with Gasteiger partial charge in [0.05, 0.1) is 17.3 Å². The Kier molecular flexibility index (Phi) is 1.74. The van der Waals surface area contributed by atoms with Crippen molar-refractivity contribution in [2.24, 2.45) is 0 Å². The molecule has 1 saturated heterocycles. The third-order valence-corrected chi connectivity index (χ3v) is 3.34. The number of fused-ring (bicyclic) bond motifs is 4. The molecule has 1 fully saturated rings. The zero-order valence-electron chi connectivity index (χ0n) is 9.07. The molecular weight excluding hydrogens is 214 g/mol. The van der Waals surface area contributed by atoms with Crippen molar-refractivity contribution < 1.29 is 0 Å². The summed E-state index contributed by atoms with van der Waals surface area (Å²) in [6.45, 7) is 0. The minimum atomic E-state index is 0.308. The third-order valence-electron chi connectivity index (χ3n) is 3.34. The number of nitrogens with one attached hydrogen (secondary N) is 3. The Bertz CT molecular complexity index is 721. The van der Waals surface area contributed by atoms with Crippen molar-refractivity contribution in [3.8, 4) is 0 Å². The molecule has 0 radical (unpaired) electrons. The van der Waals surface area contributed by atoms with Gasteiger partial charge in [0.1, 0.15) is 6.33 Å². The maximum atomic E-state index is 4.41. The summed E-state index contributed by atoms with van der Waals surface area (Å²) in [6.07, 6.45) is 6.68. The first-order valence-corrected chi connectivity index (χ1v) is 5.63. The first kappa shape index (κ1) is 9.09. The molecular formula is C12H11N5. The van der Waals surface area contributed by atoms with Crippen LogP contribution in [0.3, 0.4) is 0 Å². The molecule has 5 heteroatoms. The molecule has 5 nitrogen and oxygen atoms in total. The van der Waals surface area contributed by atoms with Crippen LogP contribution in [0.1, 0.15) is 6.42 Å². The minimum absolute atomic E-state index is 0.308. The maximum Gasteiger partial charge on any atom is 0.116 e. The Morgan fingerprint density at radius 1 is 1.29 bits per heavy atom. The summed E-state index contributed by atoms with van der Waals surface area (Å²) >= 11 is 0. The molecule has 2 heterocycles. The Labute approximate surface area is 97.2 Å². The highest BCUT2D eigenvalue weighted by Crippen LogP contribution is 2.11. The second-order valence-corrected chi connectivity index (χ2v) is 4.29. The third kappa shape index (κ3) is 1.20. The summed E-state index contributed by atoms with van der Waals surface area (Å²) < 4.78 is 0. The van der Waals surface area contributed by atoms with Gasteiger partial charge in [-0.05, 0) is 11.6 Å².